The number of thioether (sulfide) groups is 1. The number of carbonyl (C=O) groups is 1. The van der Waals surface area contributed by atoms with Crippen LogP contribution in [0.25, 0.3) is 0 Å². The Balaban J connectivity index is 1.82. The lowest BCUT2D eigenvalue weighted by atomic mass is 10.1. The molecule has 1 aliphatic heterocycles. The lowest BCUT2D eigenvalue weighted by Gasteiger charge is -2.23. The van der Waals surface area contributed by atoms with Gasteiger partial charge >= 0.3 is 0 Å². The van der Waals surface area contributed by atoms with E-state index in [9.17, 15) is 9.18 Å². The summed E-state index contributed by atoms with van der Waals surface area (Å²) in [6.45, 7) is 2.88. The summed E-state index contributed by atoms with van der Waals surface area (Å²) in [5.74, 6) is 1.88. The van der Waals surface area contributed by atoms with Crippen molar-refractivity contribution in [2.75, 3.05) is 18.1 Å². The maximum Gasteiger partial charge on any atom is 0.222 e. The molecule has 104 valence electrons. The van der Waals surface area contributed by atoms with Crippen molar-refractivity contribution in [3.8, 4) is 0 Å². The molecule has 0 spiro atoms. The molecule has 2 N–H and O–H groups in total. The van der Waals surface area contributed by atoms with Crippen LogP contribution in [0.2, 0.25) is 0 Å². The Bertz CT molecular complexity index is 418. The van der Waals surface area contributed by atoms with E-state index >= 15 is 0 Å². The lowest BCUT2D eigenvalue weighted by molar-refractivity contribution is -0.122. The van der Waals surface area contributed by atoms with Crippen LogP contribution >= 0.6 is 11.8 Å². The molecular formula is C14H19FN2OS. The van der Waals surface area contributed by atoms with Gasteiger partial charge in [-0.25, -0.2) is 4.39 Å². The summed E-state index contributed by atoms with van der Waals surface area (Å²) >= 11 is 1.88. The molecule has 1 aromatic rings. The van der Waals surface area contributed by atoms with Gasteiger partial charge in [0, 0.05) is 30.5 Å². The quantitative estimate of drug-likeness (QED) is 0.888. The molecule has 1 saturated heterocycles. The van der Waals surface area contributed by atoms with E-state index < -0.39 is 0 Å². The first kappa shape index (κ1) is 14.3. The summed E-state index contributed by atoms with van der Waals surface area (Å²) in [5, 5.41) is 6.29. The van der Waals surface area contributed by atoms with Gasteiger partial charge in [-0.1, -0.05) is 12.1 Å². The van der Waals surface area contributed by atoms with Gasteiger partial charge in [0.1, 0.15) is 5.82 Å². The zero-order valence-corrected chi connectivity index (χ0v) is 11.8. The van der Waals surface area contributed by atoms with E-state index in [1.54, 1.807) is 12.1 Å². The molecule has 2 unspecified atom stereocenters. The van der Waals surface area contributed by atoms with Crippen molar-refractivity contribution in [3.63, 3.8) is 0 Å². The number of hydrogen-bond acceptors (Lipinski definition) is 3. The van der Waals surface area contributed by atoms with Gasteiger partial charge in [0.25, 0.3) is 0 Å². The van der Waals surface area contributed by atoms with Gasteiger partial charge < -0.3 is 10.6 Å². The third-order valence-corrected chi connectivity index (χ3v) is 4.31. The van der Waals surface area contributed by atoms with E-state index in [1.807, 2.05) is 18.7 Å². The molecule has 19 heavy (non-hydrogen) atoms. The van der Waals surface area contributed by atoms with Crippen molar-refractivity contribution in [1.82, 2.24) is 10.6 Å². The highest BCUT2D eigenvalue weighted by molar-refractivity contribution is 7.99. The van der Waals surface area contributed by atoms with Gasteiger partial charge in [0.05, 0.1) is 6.04 Å². The number of carbonyl (C=O) groups excluding carboxylic acids is 1. The summed E-state index contributed by atoms with van der Waals surface area (Å²) in [4.78, 5) is 11.9. The minimum Gasteiger partial charge on any atom is -0.350 e. The maximum atomic E-state index is 12.8. The number of benzene rings is 1. The molecule has 5 heteroatoms. The molecule has 2 atom stereocenters. The van der Waals surface area contributed by atoms with Crippen molar-refractivity contribution in [2.24, 2.45) is 0 Å². The van der Waals surface area contributed by atoms with Crippen LogP contribution in [0.4, 0.5) is 4.39 Å². The molecule has 1 aliphatic rings. The second-order valence-electron chi connectivity index (χ2n) is 4.77. The first-order chi connectivity index (χ1) is 9.15. The third-order valence-electron chi connectivity index (χ3n) is 3.18. The number of rotatable bonds is 4. The first-order valence-corrected chi connectivity index (χ1v) is 7.66. The molecule has 0 aliphatic carbocycles. The van der Waals surface area contributed by atoms with Gasteiger partial charge in [-0.05, 0) is 24.6 Å². The van der Waals surface area contributed by atoms with Crippen LogP contribution < -0.4 is 10.6 Å². The monoisotopic (exact) mass is 282 g/mol. The highest BCUT2D eigenvalue weighted by Gasteiger charge is 2.18. The van der Waals surface area contributed by atoms with Crippen molar-refractivity contribution in [3.05, 3.63) is 35.6 Å². The van der Waals surface area contributed by atoms with Gasteiger partial charge in [-0.15, -0.1) is 0 Å². The first-order valence-electron chi connectivity index (χ1n) is 6.51. The van der Waals surface area contributed by atoms with E-state index in [2.05, 4.69) is 10.6 Å². The fourth-order valence-electron chi connectivity index (χ4n) is 2.11. The van der Waals surface area contributed by atoms with E-state index in [0.29, 0.717) is 6.42 Å². The average Bonchev–Trinajstić information content (AvgIpc) is 2.40. The molecule has 1 aromatic carbocycles. The predicted molar refractivity (Wildman–Crippen MR) is 76.7 cm³/mol. The molecule has 0 radical (unpaired) electrons. The summed E-state index contributed by atoms with van der Waals surface area (Å²) in [6.07, 6.45) is 0.499. The second kappa shape index (κ2) is 6.91. The van der Waals surface area contributed by atoms with Crippen LogP contribution in [0.1, 0.15) is 24.9 Å². The normalized spacial score (nSPS) is 20.8. The number of amides is 1. The Morgan fingerprint density at radius 3 is 2.89 bits per heavy atom. The third kappa shape index (κ3) is 4.51. The fraction of sp³-hybridized carbons (Fsp3) is 0.500. The van der Waals surface area contributed by atoms with Gasteiger partial charge in [0.2, 0.25) is 5.91 Å². The second-order valence-corrected chi connectivity index (χ2v) is 5.92. The SMILES string of the molecule is CC(NC(=O)CC1CSCCN1)c1ccc(F)cc1. The van der Waals surface area contributed by atoms with Crippen molar-refractivity contribution in [1.29, 1.82) is 0 Å². The lowest BCUT2D eigenvalue weighted by Crippen LogP contribution is -2.41. The summed E-state index contributed by atoms with van der Waals surface area (Å²) < 4.78 is 12.8. The smallest absolute Gasteiger partial charge is 0.222 e. The van der Waals surface area contributed by atoms with Crippen molar-refractivity contribution in [2.45, 2.75) is 25.4 Å². The van der Waals surface area contributed by atoms with E-state index in [-0.39, 0.29) is 23.8 Å². The van der Waals surface area contributed by atoms with Gasteiger partial charge in [-0.3, -0.25) is 4.79 Å². The molecule has 1 fully saturated rings. The van der Waals surface area contributed by atoms with Crippen LogP contribution in [0, 0.1) is 5.82 Å². The molecular weight excluding hydrogens is 263 g/mol. The van der Waals surface area contributed by atoms with Crippen LogP contribution in [0.3, 0.4) is 0 Å². The molecule has 0 bridgehead atoms. The zero-order chi connectivity index (χ0) is 13.7. The minimum atomic E-state index is -0.259. The van der Waals surface area contributed by atoms with Crippen LogP contribution in [-0.4, -0.2) is 30.0 Å². The van der Waals surface area contributed by atoms with E-state index in [4.69, 9.17) is 0 Å². The van der Waals surface area contributed by atoms with Gasteiger partial charge in [0.15, 0.2) is 0 Å². The number of halogens is 1. The Kier molecular flexibility index (Phi) is 5.22. The molecule has 1 heterocycles. The maximum absolute atomic E-state index is 12.8. The molecule has 3 nitrogen and oxygen atoms in total. The Hall–Kier alpha value is -1.07. The number of nitrogens with one attached hydrogen (secondary N) is 2. The predicted octanol–water partition coefficient (Wildman–Crippen LogP) is 2.10. The molecule has 0 saturated carbocycles. The van der Waals surface area contributed by atoms with E-state index in [0.717, 1.165) is 23.6 Å². The Morgan fingerprint density at radius 1 is 1.53 bits per heavy atom. The average molecular weight is 282 g/mol. The van der Waals surface area contributed by atoms with Gasteiger partial charge in [-0.2, -0.15) is 11.8 Å². The van der Waals surface area contributed by atoms with E-state index in [1.165, 1.54) is 12.1 Å². The Labute approximate surface area is 117 Å². The highest BCUT2D eigenvalue weighted by Crippen LogP contribution is 2.14. The summed E-state index contributed by atoms with van der Waals surface area (Å²) in [6, 6.07) is 6.40. The largest absolute Gasteiger partial charge is 0.350 e. The minimum absolute atomic E-state index is 0.0387. The standard InChI is InChI=1S/C14H19FN2OS/c1-10(11-2-4-12(15)5-3-11)17-14(18)8-13-9-19-7-6-16-13/h2-5,10,13,16H,6-9H2,1H3,(H,17,18). The molecule has 0 aromatic heterocycles. The fourth-order valence-corrected chi connectivity index (χ4v) is 3.06. The molecule has 2 rings (SSSR count). The van der Waals surface area contributed by atoms with Crippen molar-refractivity contribution >= 4 is 17.7 Å². The van der Waals surface area contributed by atoms with Crippen LogP contribution in [0.5, 0.6) is 0 Å². The van der Waals surface area contributed by atoms with Crippen LogP contribution in [-0.2, 0) is 4.79 Å². The number of hydrogen-bond donors (Lipinski definition) is 2. The topological polar surface area (TPSA) is 41.1 Å². The Morgan fingerprint density at radius 2 is 2.26 bits per heavy atom. The van der Waals surface area contributed by atoms with Crippen LogP contribution in [0.15, 0.2) is 24.3 Å². The zero-order valence-electron chi connectivity index (χ0n) is 11.0. The molecule has 1 amide bonds. The summed E-state index contributed by atoms with van der Waals surface area (Å²) in [5.41, 5.74) is 0.917. The summed E-state index contributed by atoms with van der Waals surface area (Å²) in [7, 11) is 0. The van der Waals surface area contributed by atoms with Crippen molar-refractivity contribution < 1.29 is 9.18 Å². The highest BCUT2D eigenvalue weighted by atomic mass is 32.2.